The Morgan fingerprint density at radius 1 is 0.667 bits per heavy atom. The Bertz CT molecular complexity index is 689. The number of nitrogens with zero attached hydrogens (tertiary/aromatic N) is 1. The van der Waals surface area contributed by atoms with E-state index in [0.717, 1.165) is 11.4 Å². The number of benzene rings is 2. The average molecular weight is 372 g/mol. The first kappa shape index (κ1) is 20.4. The topological polar surface area (TPSA) is 64.0 Å². The zero-order chi connectivity index (χ0) is 19.6. The SMILES string of the molecule is CCOc1ccc(N(C=N)c2ccc(OCC)c(OCC)c2)cc1OCC. The molecule has 0 unspecified atom stereocenters. The highest BCUT2D eigenvalue weighted by atomic mass is 16.5. The van der Waals surface area contributed by atoms with Gasteiger partial charge in [0, 0.05) is 12.1 Å². The van der Waals surface area contributed by atoms with Crippen molar-refractivity contribution < 1.29 is 18.9 Å². The summed E-state index contributed by atoms with van der Waals surface area (Å²) in [7, 11) is 0. The van der Waals surface area contributed by atoms with E-state index in [2.05, 4.69) is 0 Å². The Labute approximate surface area is 161 Å². The number of ether oxygens (including phenoxy) is 4. The minimum absolute atomic E-state index is 0.533. The molecule has 2 aromatic carbocycles. The molecular formula is C21H28N2O4. The molecule has 6 nitrogen and oxygen atoms in total. The summed E-state index contributed by atoms with van der Waals surface area (Å²) in [4.78, 5) is 1.75. The zero-order valence-corrected chi connectivity index (χ0v) is 16.5. The van der Waals surface area contributed by atoms with E-state index < -0.39 is 0 Å². The van der Waals surface area contributed by atoms with Crippen LogP contribution in [0.25, 0.3) is 0 Å². The molecular weight excluding hydrogens is 344 g/mol. The fourth-order valence-corrected chi connectivity index (χ4v) is 2.68. The second-order valence-corrected chi connectivity index (χ2v) is 5.49. The van der Waals surface area contributed by atoms with Gasteiger partial charge in [0.2, 0.25) is 0 Å². The van der Waals surface area contributed by atoms with Crippen molar-refractivity contribution in [2.75, 3.05) is 31.3 Å². The molecule has 0 radical (unpaired) electrons. The third kappa shape index (κ3) is 5.06. The molecule has 0 fully saturated rings. The molecule has 0 spiro atoms. The first-order chi connectivity index (χ1) is 13.2. The third-order valence-electron chi connectivity index (χ3n) is 3.74. The van der Waals surface area contributed by atoms with E-state index in [1.807, 2.05) is 64.1 Å². The third-order valence-corrected chi connectivity index (χ3v) is 3.74. The smallest absolute Gasteiger partial charge is 0.163 e. The van der Waals surface area contributed by atoms with Gasteiger partial charge in [0.05, 0.1) is 44.1 Å². The number of nitrogens with one attached hydrogen (secondary N) is 1. The van der Waals surface area contributed by atoms with Gasteiger partial charge in [0.1, 0.15) is 0 Å². The maximum Gasteiger partial charge on any atom is 0.163 e. The standard InChI is InChI=1S/C21H28N2O4/c1-5-24-18-11-9-16(13-20(18)26-7-3)23(15-22)17-10-12-19(25-6-2)21(14-17)27-8-4/h9-15,22H,5-8H2,1-4H3. The molecule has 1 N–H and O–H groups in total. The molecule has 0 saturated carbocycles. The number of hydrogen-bond acceptors (Lipinski definition) is 5. The van der Waals surface area contributed by atoms with Gasteiger partial charge in [-0.15, -0.1) is 0 Å². The van der Waals surface area contributed by atoms with E-state index in [0.29, 0.717) is 49.4 Å². The predicted octanol–water partition coefficient (Wildman–Crippen LogP) is 5.03. The molecule has 0 amide bonds. The largest absolute Gasteiger partial charge is 0.490 e. The predicted molar refractivity (Wildman–Crippen MR) is 108 cm³/mol. The van der Waals surface area contributed by atoms with Crippen LogP contribution in [0.4, 0.5) is 11.4 Å². The lowest BCUT2D eigenvalue weighted by Crippen LogP contribution is -2.14. The minimum atomic E-state index is 0.533. The fraction of sp³-hybridized carbons (Fsp3) is 0.381. The van der Waals surface area contributed by atoms with E-state index in [4.69, 9.17) is 24.4 Å². The molecule has 0 aromatic heterocycles. The van der Waals surface area contributed by atoms with Crippen LogP contribution in [-0.4, -0.2) is 32.8 Å². The first-order valence-electron chi connectivity index (χ1n) is 9.27. The second kappa shape index (κ2) is 10.3. The van der Waals surface area contributed by atoms with E-state index in [1.165, 1.54) is 6.34 Å². The molecule has 0 saturated heterocycles. The van der Waals surface area contributed by atoms with Gasteiger partial charge >= 0.3 is 0 Å². The number of rotatable bonds is 11. The van der Waals surface area contributed by atoms with Crippen LogP contribution in [0.5, 0.6) is 23.0 Å². The summed E-state index contributed by atoms with van der Waals surface area (Å²) in [6.07, 6.45) is 1.26. The van der Waals surface area contributed by atoms with E-state index >= 15 is 0 Å². The number of anilines is 2. The molecule has 6 heteroatoms. The summed E-state index contributed by atoms with van der Waals surface area (Å²) in [6, 6.07) is 11.3. The maximum absolute atomic E-state index is 7.91. The molecule has 0 atom stereocenters. The van der Waals surface area contributed by atoms with Crippen LogP contribution in [0, 0.1) is 5.41 Å². The van der Waals surface area contributed by atoms with Crippen LogP contribution in [-0.2, 0) is 0 Å². The van der Waals surface area contributed by atoms with E-state index in [1.54, 1.807) is 4.90 Å². The summed E-state index contributed by atoms with van der Waals surface area (Å²) in [5.41, 5.74) is 1.59. The molecule has 146 valence electrons. The van der Waals surface area contributed by atoms with Gasteiger partial charge in [-0.05, 0) is 52.0 Å². The molecule has 0 bridgehead atoms. The summed E-state index contributed by atoms with van der Waals surface area (Å²) in [6.45, 7) is 9.91. The zero-order valence-electron chi connectivity index (χ0n) is 16.5. The van der Waals surface area contributed by atoms with Gasteiger partial charge in [-0.2, -0.15) is 0 Å². The van der Waals surface area contributed by atoms with Gasteiger partial charge in [-0.25, -0.2) is 0 Å². The Morgan fingerprint density at radius 2 is 1.04 bits per heavy atom. The van der Waals surface area contributed by atoms with Crippen LogP contribution in [0.3, 0.4) is 0 Å². The average Bonchev–Trinajstić information content (AvgIpc) is 2.67. The molecule has 0 aliphatic carbocycles. The van der Waals surface area contributed by atoms with Crippen LogP contribution in [0.15, 0.2) is 36.4 Å². The normalized spacial score (nSPS) is 10.2. The summed E-state index contributed by atoms with van der Waals surface area (Å²) < 4.78 is 22.6. The first-order valence-corrected chi connectivity index (χ1v) is 9.27. The Morgan fingerprint density at radius 3 is 1.37 bits per heavy atom. The van der Waals surface area contributed by atoms with Gasteiger partial charge in [-0.1, -0.05) is 0 Å². The highest BCUT2D eigenvalue weighted by Crippen LogP contribution is 2.37. The van der Waals surface area contributed by atoms with Crippen molar-refractivity contribution in [2.24, 2.45) is 0 Å². The van der Waals surface area contributed by atoms with Crippen molar-refractivity contribution >= 4 is 17.7 Å². The Hall–Kier alpha value is -2.89. The lowest BCUT2D eigenvalue weighted by Gasteiger charge is -2.22. The van der Waals surface area contributed by atoms with Crippen LogP contribution >= 0.6 is 0 Å². The Kier molecular flexibility index (Phi) is 7.79. The molecule has 0 heterocycles. The highest BCUT2D eigenvalue weighted by Gasteiger charge is 2.14. The van der Waals surface area contributed by atoms with Gasteiger partial charge in [0.25, 0.3) is 0 Å². The number of hydrogen-bond donors (Lipinski definition) is 1. The van der Waals surface area contributed by atoms with Gasteiger partial charge in [0.15, 0.2) is 23.0 Å². The summed E-state index contributed by atoms with van der Waals surface area (Å²) in [5, 5.41) is 7.91. The van der Waals surface area contributed by atoms with E-state index in [9.17, 15) is 0 Å². The molecule has 0 aliphatic heterocycles. The molecule has 2 aromatic rings. The van der Waals surface area contributed by atoms with E-state index in [-0.39, 0.29) is 0 Å². The van der Waals surface area contributed by atoms with Crippen molar-refractivity contribution in [2.45, 2.75) is 27.7 Å². The fourth-order valence-electron chi connectivity index (χ4n) is 2.68. The summed E-state index contributed by atoms with van der Waals surface area (Å²) in [5.74, 6) is 2.68. The van der Waals surface area contributed by atoms with Crippen LogP contribution in [0.2, 0.25) is 0 Å². The van der Waals surface area contributed by atoms with Crippen molar-refractivity contribution in [3.63, 3.8) is 0 Å². The highest BCUT2D eigenvalue weighted by molar-refractivity contribution is 5.89. The van der Waals surface area contributed by atoms with Crippen molar-refractivity contribution in [3.05, 3.63) is 36.4 Å². The Balaban J connectivity index is 2.42. The minimum Gasteiger partial charge on any atom is -0.490 e. The quantitative estimate of drug-likeness (QED) is 0.443. The molecule has 27 heavy (non-hydrogen) atoms. The monoisotopic (exact) mass is 372 g/mol. The maximum atomic E-state index is 7.91. The summed E-state index contributed by atoms with van der Waals surface area (Å²) >= 11 is 0. The van der Waals surface area contributed by atoms with Gasteiger partial charge in [-0.3, -0.25) is 5.41 Å². The molecule has 2 rings (SSSR count). The van der Waals surface area contributed by atoms with Crippen molar-refractivity contribution in [1.29, 1.82) is 5.41 Å². The van der Waals surface area contributed by atoms with Crippen molar-refractivity contribution in [1.82, 2.24) is 0 Å². The second-order valence-electron chi connectivity index (χ2n) is 5.49. The van der Waals surface area contributed by atoms with Crippen LogP contribution < -0.4 is 23.8 Å². The van der Waals surface area contributed by atoms with Gasteiger partial charge < -0.3 is 23.8 Å². The van der Waals surface area contributed by atoms with Crippen molar-refractivity contribution in [3.8, 4) is 23.0 Å². The molecule has 0 aliphatic rings. The van der Waals surface area contributed by atoms with Crippen LogP contribution in [0.1, 0.15) is 27.7 Å². The lowest BCUT2D eigenvalue weighted by molar-refractivity contribution is 0.287. The lowest BCUT2D eigenvalue weighted by atomic mass is 10.2.